The Labute approximate surface area is 144 Å². The third-order valence-electron chi connectivity index (χ3n) is 3.41. The van der Waals surface area contributed by atoms with Crippen molar-refractivity contribution in [1.29, 1.82) is 10.7 Å². The number of nitriles is 1. The van der Waals surface area contributed by atoms with Gasteiger partial charge in [-0.05, 0) is 35.9 Å². The Hall–Kier alpha value is -3.92. The van der Waals surface area contributed by atoms with Gasteiger partial charge in [0.2, 0.25) is 5.71 Å². The second-order valence-corrected chi connectivity index (χ2v) is 5.19. The van der Waals surface area contributed by atoms with Crippen LogP contribution < -0.4 is 11.2 Å². The molecule has 0 bridgehead atoms. The summed E-state index contributed by atoms with van der Waals surface area (Å²) in [5.41, 5.74) is 11.4. The molecule has 25 heavy (non-hydrogen) atoms. The molecule has 0 unspecified atom stereocenters. The number of anilines is 1. The highest BCUT2D eigenvalue weighted by Crippen LogP contribution is 2.14. The van der Waals surface area contributed by atoms with Gasteiger partial charge in [0.1, 0.15) is 11.9 Å². The molecule has 0 radical (unpaired) electrons. The molecule has 0 spiro atoms. The second kappa shape index (κ2) is 7.10. The van der Waals surface area contributed by atoms with Crippen LogP contribution in [-0.4, -0.2) is 21.5 Å². The zero-order chi connectivity index (χ0) is 17.6. The van der Waals surface area contributed by atoms with Crippen LogP contribution in [0.5, 0.6) is 0 Å². The number of nitrogens with zero attached hydrogens (tertiary/aromatic N) is 3. The van der Waals surface area contributed by atoms with Gasteiger partial charge in [-0.2, -0.15) is 10.4 Å². The molecule has 0 fully saturated rings. The summed E-state index contributed by atoms with van der Waals surface area (Å²) in [6.07, 6.45) is 3.85. The van der Waals surface area contributed by atoms with Crippen molar-refractivity contribution in [2.75, 3.05) is 5.43 Å². The standard InChI is InChI=1S/C18H15N7/c19-11-16(18(20)21)25-24-13-8-5-12(6-9-13)7-10-17-22-14-3-1-2-4-15(14)23-17/h1-10,24H,(H3,20,21)(H,22,23)/b10-7?,25-16+. The van der Waals surface area contributed by atoms with Gasteiger partial charge >= 0.3 is 0 Å². The molecule has 0 aliphatic heterocycles. The summed E-state index contributed by atoms with van der Waals surface area (Å²) in [6.45, 7) is 0. The number of nitrogens with two attached hydrogens (primary N) is 1. The molecular weight excluding hydrogens is 314 g/mol. The zero-order valence-corrected chi connectivity index (χ0v) is 13.2. The van der Waals surface area contributed by atoms with Gasteiger partial charge in [-0.3, -0.25) is 10.8 Å². The van der Waals surface area contributed by atoms with Crippen molar-refractivity contribution in [3.63, 3.8) is 0 Å². The number of aromatic amines is 1. The number of rotatable bonds is 5. The smallest absolute Gasteiger partial charge is 0.201 e. The molecule has 7 heteroatoms. The maximum atomic E-state index is 8.79. The fourth-order valence-corrected chi connectivity index (χ4v) is 2.16. The van der Waals surface area contributed by atoms with E-state index in [0.29, 0.717) is 5.69 Å². The molecule has 0 saturated heterocycles. The lowest BCUT2D eigenvalue weighted by Crippen LogP contribution is -2.21. The number of aromatic nitrogens is 2. The maximum Gasteiger partial charge on any atom is 0.201 e. The third-order valence-corrected chi connectivity index (χ3v) is 3.41. The molecule has 1 heterocycles. The molecule has 7 nitrogen and oxygen atoms in total. The molecule has 2 aromatic carbocycles. The average Bonchev–Trinajstić information content (AvgIpc) is 3.04. The first-order valence-electron chi connectivity index (χ1n) is 7.47. The highest BCUT2D eigenvalue weighted by atomic mass is 15.3. The topological polar surface area (TPSA) is 127 Å². The van der Waals surface area contributed by atoms with Crippen LogP contribution in [0.3, 0.4) is 0 Å². The van der Waals surface area contributed by atoms with E-state index in [0.717, 1.165) is 22.4 Å². The zero-order valence-electron chi connectivity index (χ0n) is 13.2. The minimum absolute atomic E-state index is 0.158. The Kier molecular flexibility index (Phi) is 4.53. The predicted octanol–water partition coefficient (Wildman–Crippen LogP) is 2.96. The molecule has 122 valence electrons. The van der Waals surface area contributed by atoms with Crippen molar-refractivity contribution in [3.05, 3.63) is 59.9 Å². The number of hydrogen-bond acceptors (Lipinski definition) is 5. The quantitative estimate of drug-likeness (QED) is 0.326. The van der Waals surface area contributed by atoms with Crippen LogP contribution in [0.4, 0.5) is 5.69 Å². The summed E-state index contributed by atoms with van der Waals surface area (Å²) in [4.78, 5) is 7.72. The molecule has 5 N–H and O–H groups in total. The number of benzene rings is 2. The number of H-pyrrole nitrogens is 1. The molecule has 3 aromatic rings. The highest BCUT2D eigenvalue weighted by Gasteiger charge is 2.01. The normalized spacial score (nSPS) is 11.6. The van der Waals surface area contributed by atoms with E-state index in [1.807, 2.05) is 60.7 Å². The van der Waals surface area contributed by atoms with Crippen molar-refractivity contribution >= 4 is 40.4 Å². The van der Waals surface area contributed by atoms with Gasteiger partial charge in [0, 0.05) is 0 Å². The molecule has 0 amide bonds. The minimum atomic E-state index is -0.375. The first-order valence-corrected chi connectivity index (χ1v) is 7.47. The van der Waals surface area contributed by atoms with Crippen molar-refractivity contribution in [2.45, 2.75) is 0 Å². The number of nitrogens with one attached hydrogen (secondary N) is 3. The van der Waals surface area contributed by atoms with Crippen molar-refractivity contribution in [2.24, 2.45) is 10.8 Å². The Morgan fingerprint density at radius 2 is 1.96 bits per heavy atom. The van der Waals surface area contributed by atoms with E-state index >= 15 is 0 Å². The van der Waals surface area contributed by atoms with Gasteiger partial charge in [-0.15, -0.1) is 0 Å². The monoisotopic (exact) mass is 329 g/mol. The lowest BCUT2D eigenvalue weighted by atomic mass is 10.2. The number of imidazole rings is 1. The highest BCUT2D eigenvalue weighted by molar-refractivity contribution is 6.45. The van der Waals surface area contributed by atoms with Crippen LogP contribution in [-0.2, 0) is 0 Å². The van der Waals surface area contributed by atoms with Crippen LogP contribution in [0.1, 0.15) is 11.4 Å². The van der Waals surface area contributed by atoms with Crippen molar-refractivity contribution in [1.82, 2.24) is 9.97 Å². The van der Waals surface area contributed by atoms with E-state index in [9.17, 15) is 0 Å². The third kappa shape index (κ3) is 3.89. The Balaban J connectivity index is 1.70. The maximum absolute atomic E-state index is 8.79. The lowest BCUT2D eigenvalue weighted by molar-refractivity contribution is 1.29. The van der Waals surface area contributed by atoms with Crippen molar-refractivity contribution < 1.29 is 0 Å². The van der Waals surface area contributed by atoms with Crippen LogP contribution in [0.2, 0.25) is 0 Å². The largest absolute Gasteiger partial charge is 0.382 e. The fraction of sp³-hybridized carbons (Fsp3) is 0. The predicted molar refractivity (Wildman–Crippen MR) is 100 cm³/mol. The van der Waals surface area contributed by atoms with Crippen LogP contribution in [0.25, 0.3) is 23.2 Å². The SMILES string of the molecule is N#C/C(=N\Nc1ccc(C=Cc2nc3ccccc3[nH]2)cc1)C(=N)N. The second-order valence-electron chi connectivity index (χ2n) is 5.19. The summed E-state index contributed by atoms with van der Waals surface area (Å²) in [5.74, 6) is 0.411. The van der Waals surface area contributed by atoms with Gasteiger partial charge in [-0.25, -0.2) is 4.98 Å². The van der Waals surface area contributed by atoms with E-state index in [-0.39, 0.29) is 11.5 Å². The summed E-state index contributed by atoms with van der Waals surface area (Å²) in [6, 6.07) is 17.0. The average molecular weight is 329 g/mol. The number of hydrazone groups is 1. The Morgan fingerprint density at radius 3 is 2.64 bits per heavy atom. The number of hydrogen-bond donors (Lipinski definition) is 4. The van der Waals surface area contributed by atoms with Gasteiger partial charge < -0.3 is 10.7 Å². The van der Waals surface area contributed by atoms with Crippen LogP contribution in [0.15, 0.2) is 53.6 Å². The van der Waals surface area contributed by atoms with Crippen LogP contribution >= 0.6 is 0 Å². The summed E-state index contributed by atoms with van der Waals surface area (Å²) in [7, 11) is 0. The van der Waals surface area contributed by atoms with E-state index in [1.165, 1.54) is 0 Å². The van der Waals surface area contributed by atoms with E-state index in [2.05, 4.69) is 20.5 Å². The summed E-state index contributed by atoms with van der Waals surface area (Å²) < 4.78 is 0. The van der Waals surface area contributed by atoms with E-state index < -0.39 is 0 Å². The molecule has 0 aliphatic carbocycles. The summed E-state index contributed by atoms with van der Waals surface area (Å²) in [5, 5.41) is 19.8. The first-order chi connectivity index (χ1) is 12.2. The Morgan fingerprint density at radius 1 is 1.20 bits per heavy atom. The van der Waals surface area contributed by atoms with Gasteiger partial charge in [-0.1, -0.05) is 30.3 Å². The minimum Gasteiger partial charge on any atom is -0.382 e. The lowest BCUT2D eigenvalue weighted by Gasteiger charge is -2.01. The van der Waals surface area contributed by atoms with Gasteiger partial charge in [0.25, 0.3) is 0 Å². The van der Waals surface area contributed by atoms with E-state index in [1.54, 1.807) is 6.07 Å². The van der Waals surface area contributed by atoms with Crippen molar-refractivity contribution in [3.8, 4) is 6.07 Å². The number of fused-ring (bicyclic) bond motifs is 1. The number of amidine groups is 1. The number of para-hydroxylation sites is 2. The molecular formula is C18H15N7. The molecule has 1 aromatic heterocycles. The summed E-state index contributed by atoms with van der Waals surface area (Å²) >= 11 is 0. The molecule has 3 rings (SSSR count). The molecule has 0 saturated carbocycles. The Bertz CT molecular complexity index is 971. The van der Waals surface area contributed by atoms with Gasteiger partial charge in [0.05, 0.1) is 16.7 Å². The van der Waals surface area contributed by atoms with Gasteiger partial charge in [0.15, 0.2) is 5.84 Å². The van der Waals surface area contributed by atoms with Crippen LogP contribution in [0, 0.1) is 16.7 Å². The molecule has 0 aliphatic rings. The first kappa shape index (κ1) is 16.0. The fourth-order valence-electron chi connectivity index (χ4n) is 2.16. The molecule has 0 atom stereocenters. The van der Waals surface area contributed by atoms with E-state index in [4.69, 9.17) is 16.4 Å².